The highest BCUT2D eigenvalue weighted by Crippen LogP contribution is 2.23. The molecule has 1 N–H and O–H groups in total. The van der Waals surface area contributed by atoms with Crippen LogP contribution in [0.15, 0.2) is 48.5 Å². The minimum absolute atomic E-state index is 0.0297. The fourth-order valence-electron chi connectivity index (χ4n) is 2.26. The van der Waals surface area contributed by atoms with Gasteiger partial charge in [0.25, 0.3) is 0 Å². The molecule has 0 unspecified atom stereocenters. The van der Waals surface area contributed by atoms with Gasteiger partial charge in [-0.2, -0.15) is 5.26 Å². The van der Waals surface area contributed by atoms with Gasteiger partial charge in [-0.15, -0.1) is 11.8 Å². The maximum absolute atomic E-state index is 12.0. The smallest absolute Gasteiger partial charge is 0.234 e. The second-order valence-corrected chi connectivity index (χ2v) is 7.62. The fraction of sp³-hybridized carbons (Fsp3) is 0.300. The van der Waals surface area contributed by atoms with Gasteiger partial charge in [-0.1, -0.05) is 51.1 Å². The van der Waals surface area contributed by atoms with E-state index < -0.39 is 0 Å². The number of thioether (sulfide) groups is 1. The number of carbonyl (C=O) groups excluding carboxylic acids is 1. The number of benzene rings is 2. The van der Waals surface area contributed by atoms with E-state index in [0.717, 1.165) is 11.3 Å². The summed E-state index contributed by atoms with van der Waals surface area (Å²) in [6.45, 7) is 6.49. The van der Waals surface area contributed by atoms with Gasteiger partial charge in [0.2, 0.25) is 5.91 Å². The molecule has 3 nitrogen and oxygen atoms in total. The Hall–Kier alpha value is -2.25. The van der Waals surface area contributed by atoms with E-state index in [2.05, 4.69) is 32.2 Å². The third-order valence-electron chi connectivity index (χ3n) is 3.66. The number of amides is 1. The molecule has 2 aromatic rings. The predicted octanol–water partition coefficient (Wildman–Crippen LogP) is 4.73. The van der Waals surface area contributed by atoms with Gasteiger partial charge in [-0.25, -0.2) is 0 Å². The number of rotatable bonds is 5. The summed E-state index contributed by atoms with van der Waals surface area (Å²) in [6.07, 6.45) is 0. The lowest BCUT2D eigenvalue weighted by molar-refractivity contribution is -0.113. The van der Waals surface area contributed by atoms with Crippen LogP contribution >= 0.6 is 11.8 Å². The molecule has 0 aliphatic carbocycles. The van der Waals surface area contributed by atoms with E-state index in [0.29, 0.717) is 17.1 Å². The van der Waals surface area contributed by atoms with Gasteiger partial charge in [0.05, 0.1) is 17.4 Å². The van der Waals surface area contributed by atoms with Crippen molar-refractivity contribution in [3.05, 3.63) is 65.2 Å². The van der Waals surface area contributed by atoms with Gasteiger partial charge in [0, 0.05) is 11.4 Å². The molecule has 0 bridgehead atoms. The summed E-state index contributed by atoms with van der Waals surface area (Å²) in [5.41, 5.74) is 3.79. The molecule has 2 rings (SSSR count). The third kappa shape index (κ3) is 5.14. The Labute approximate surface area is 148 Å². The fourth-order valence-corrected chi connectivity index (χ4v) is 3.09. The summed E-state index contributed by atoms with van der Waals surface area (Å²) in [5.74, 6) is 0.985. The van der Waals surface area contributed by atoms with Crippen molar-refractivity contribution in [2.45, 2.75) is 31.9 Å². The van der Waals surface area contributed by atoms with E-state index in [4.69, 9.17) is 5.26 Å². The Morgan fingerprint density at radius 3 is 2.42 bits per heavy atom. The second-order valence-electron chi connectivity index (χ2n) is 6.64. The monoisotopic (exact) mass is 338 g/mol. The lowest BCUT2D eigenvalue weighted by Gasteiger charge is -2.19. The number of nitriles is 1. The summed E-state index contributed by atoms with van der Waals surface area (Å²) in [4.78, 5) is 12.0. The van der Waals surface area contributed by atoms with E-state index in [9.17, 15) is 4.79 Å². The zero-order valence-corrected chi connectivity index (χ0v) is 15.1. The Morgan fingerprint density at radius 1 is 1.12 bits per heavy atom. The van der Waals surface area contributed by atoms with Crippen LogP contribution in [0.2, 0.25) is 0 Å². The first kappa shape index (κ1) is 18.1. The SMILES string of the molecule is CC(C)(C)c1ccc(NC(=O)CSCc2ccccc2C#N)cc1. The molecule has 0 spiro atoms. The van der Waals surface area contributed by atoms with Crippen LogP contribution in [-0.2, 0) is 16.0 Å². The second kappa shape index (κ2) is 8.03. The highest BCUT2D eigenvalue weighted by molar-refractivity contribution is 7.99. The quantitative estimate of drug-likeness (QED) is 0.857. The van der Waals surface area contributed by atoms with Crippen LogP contribution in [0.4, 0.5) is 5.69 Å². The van der Waals surface area contributed by atoms with Crippen LogP contribution in [0.3, 0.4) is 0 Å². The Balaban J connectivity index is 1.84. The zero-order valence-electron chi connectivity index (χ0n) is 14.3. The van der Waals surface area contributed by atoms with E-state index in [1.807, 2.05) is 42.5 Å². The predicted molar refractivity (Wildman–Crippen MR) is 101 cm³/mol. The van der Waals surface area contributed by atoms with Gasteiger partial charge in [-0.05, 0) is 34.7 Å². The van der Waals surface area contributed by atoms with Crippen molar-refractivity contribution in [2.75, 3.05) is 11.1 Å². The van der Waals surface area contributed by atoms with Crippen molar-refractivity contribution in [1.82, 2.24) is 0 Å². The molecule has 0 atom stereocenters. The zero-order chi connectivity index (χ0) is 17.6. The first-order valence-electron chi connectivity index (χ1n) is 7.86. The van der Waals surface area contributed by atoms with Gasteiger partial charge >= 0.3 is 0 Å². The van der Waals surface area contributed by atoms with Crippen molar-refractivity contribution in [3.63, 3.8) is 0 Å². The van der Waals surface area contributed by atoms with Crippen LogP contribution in [0, 0.1) is 11.3 Å². The van der Waals surface area contributed by atoms with E-state index in [-0.39, 0.29) is 11.3 Å². The number of nitrogens with one attached hydrogen (secondary N) is 1. The van der Waals surface area contributed by atoms with Crippen molar-refractivity contribution < 1.29 is 4.79 Å². The van der Waals surface area contributed by atoms with Crippen molar-refractivity contribution in [2.24, 2.45) is 0 Å². The standard InChI is InChI=1S/C20H22N2OS/c1-20(2,3)17-8-10-18(11-9-17)22-19(23)14-24-13-16-7-5-4-6-15(16)12-21/h4-11H,13-14H2,1-3H3,(H,22,23). The van der Waals surface area contributed by atoms with Gasteiger partial charge in [-0.3, -0.25) is 4.79 Å². The van der Waals surface area contributed by atoms with Crippen molar-refractivity contribution in [1.29, 1.82) is 5.26 Å². The number of anilines is 1. The first-order valence-corrected chi connectivity index (χ1v) is 9.02. The average Bonchev–Trinajstić information content (AvgIpc) is 2.55. The molecule has 0 radical (unpaired) electrons. The Morgan fingerprint density at radius 2 is 1.79 bits per heavy atom. The Kier molecular flexibility index (Phi) is 6.05. The molecule has 0 aliphatic rings. The largest absolute Gasteiger partial charge is 0.325 e. The summed E-state index contributed by atoms with van der Waals surface area (Å²) in [5, 5.41) is 12.0. The topological polar surface area (TPSA) is 52.9 Å². The molecule has 0 heterocycles. The number of hydrogen-bond donors (Lipinski definition) is 1. The number of hydrogen-bond acceptors (Lipinski definition) is 3. The third-order valence-corrected chi connectivity index (χ3v) is 4.64. The lowest BCUT2D eigenvalue weighted by atomic mass is 9.87. The summed E-state index contributed by atoms with van der Waals surface area (Å²) in [7, 11) is 0. The van der Waals surface area contributed by atoms with Gasteiger partial charge in [0.1, 0.15) is 0 Å². The summed E-state index contributed by atoms with van der Waals surface area (Å²) >= 11 is 1.51. The molecule has 4 heteroatoms. The maximum Gasteiger partial charge on any atom is 0.234 e. The van der Waals surface area contributed by atoms with Crippen molar-refractivity contribution >= 4 is 23.4 Å². The minimum atomic E-state index is -0.0297. The van der Waals surface area contributed by atoms with E-state index in [1.54, 1.807) is 6.07 Å². The van der Waals surface area contributed by atoms with Crippen LogP contribution in [0.1, 0.15) is 37.5 Å². The Bertz CT molecular complexity index is 739. The van der Waals surface area contributed by atoms with E-state index >= 15 is 0 Å². The highest BCUT2D eigenvalue weighted by Gasteiger charge is 2.13. The molecule has 124 valence electrons. The molecule has 1 amide bonds. The molecule has 24 heavy (non-hydrogen) atoms. The minimum Gasteiger partial charge on any atom is -0.325 e. The van der Waals surface area contributed by atoms with Crippen molar-refractivity contribution in [3.8, 4) is 6.07 Å². The van der Waals surface area contributed by atoms with Crippen LogP contribution < -0.4 is 5.32 Å². The maximum atomic E-state index is 12.0. The summed E-state index contributed by atoms with van der Waals surface area (Å²) in [6, 6.07) is 17.6. The molecular weight excluding hydrogens is 316 g/mol. The van der Waals surface area contributed by atoms with Crippen LogP contribution in [-0.4, -0.2) is 11.7 Å². The number of carbonyl (C=O) groups is 1. The molecular formula is C20H22N2OS. The first-order chi connectivity index (χ1) is 11.4. The summed E-state index contributed by atoms with van der Waals surface area (Å²) < 4.78 is 0. The molecule has 2 aromatic carbocycles. The highest BCUT2D eigenvalue weighted by atomic mass is 32.2. The molecule has 0 saturated carbocycles. The normalized spacial score (nSPS) is 10.9. The molecule has 0 aromatic heterocycles. The van der Waals surface area contributed by atoms with E-state index in [1.165, 1.54) is 17.3 Å². The van der Waals surface area contributed by atoms with Gasteiger partial charge < -0.3 is 5.32 Å². The molecule has 0 aliphatic heterocycles. The van der Waals surface area contributed by atoms with Crippen LogP contribution in [0.25, 0.3) is 0 Å². The average molecular weight is 338 g/mol. The molecule has 0 fully saturated rings. The van der Waals surface area contributed by atoms with Gasteiger partial charge in [0.15, 0.2) is 0 Å². The number of nitrogens with zero attached hydrogens (tertiary/aromatic N) is 1. The lowest BCUT2D eigenvalue weighted by Crippen LogP contribution is -2.15. The van der Waals surface area contributed by atoms with Crippen LogP contribution in [0.5, 0.6) is 0 Å². The molecule has 0 saturated heterocycles.